The molecule has 0 radical (unpaired) electrons. The van der Waals surface area contributed by atoms with Crippen LogP contribution in [0.1, 0.15) is 36.0 Å². The normalized spacial score (nSPS) is 26.1. The molecule has 3 aliphatic rings. The molecule has 5 rings (SSSR count). The minimum absolute atomic E-state index is 0.0941. The summed E-state index contributed by atoms with van der Waals surface area (Å²) in [5, 5.41) is 6.17. The molecule has 2 aromatic rings. The van der Waals surface area contributed by atoms with E-state index < -0.39 is 11.5 Å². The summed E-state index contributed by atoms with van der Waals surface area (Å²) in [7, 11) is 3.15. The maximum absolute atomic E-state index is 13.8. The van der Waals surface area contributed by atoms with Gasteiger partial charge in [0.2, 0.25) is 11.8 Å². The van der Waals surface area contributed by atoms with E-state index in [1.807, 2.05) is 13.8 Å². The zero-order chi connectivity index (χ0) is 22.6. The quantitative estimate of drug-likeness (QED) is 0.767. The summed E-state index contributed by atoms with van der Waals surface area (Å²) < 4.78 is 10.8. The molecule has 0 saturated carbocycles. The summed E-state index contributed by atoms with van der Waals surface area (Å²) in [4.78, 5) is 29.7. The van der Waals surface area contributed by atoms with Crippen molar-refractivity contribution in [3.63, 3.8) is 0 Å². The first-order chi connectivity index (χ1) is 15.4. The first-order valence-electron chi connectivity index (χ1n) is 11.1. The van der Waals surface area contributed by atoms with Gasteiger partial charge in [-0.15, -0.1) is 0 Å². The number of carbonyl (C=O) groups is 2. The molecular weight excluding hydrogens is 406 g/mol. The summed E-state index contributed by atoms with van der Waals surface area (Å²) >= 11 is 0. The van der Waals surface area contributed by atoms with Gasteiger partial charge >= 0.3 is 0 Å². The average Bonchev–Trinajstić information content (AvgIpc) is 3.43. The molecule has 3 heterocycles. The molecule has 2 N–H and O–H groups in total. The summed E-state index contributed by atoms with van der Waals surface area (Å²) in [6.07, 6.45) is 2.69. The fourth-order valence-electron chi connectivity index (χ4n) is 6.01. The smallest absolute Gasteiger partial charge is 0.250 e. The Morgan fingerprint density at radius 3 is 2.75 bits per heavy atom. The molecule has 2 amide bonds. The SMILES string of the molecule is COc1ccc(OC)c(NC(=O)[C@@H]2C[C@@H]3CCCN3[C@@]23C(=O)Nc2c(C)cc(C)cc23)c1. The van der Waals surface area contributed by atoms with Crippen LogP contribution in [0, 0.1) is 19.8 Å². The van der Waals surface area contributed by atoms with Gasteiger partial charge in [-0.25, -0.2) is 0 Å². The van der Waals surface area contributed by atoms with Gasteiger partial charge in [-0.1, -0.05) is 17.7 Å². The Morgan fingerprint density at radius 2 is 2.00 bits per heavy atom. The number of benzene rings is 2. The summed E-state index contributed by atoms with van der Waals surface area (Å²) in [6.45, 7) is 4.87. The number of hydrogen-bond acceptors (Lipinski definition) is 5. The summed E-state index contributed by atoms with van der Waals surface area (Å²) in [5.41, 5.74) is 3.46. The number of fused-ring (bicyclic) bond motifs is 4. The van der Waals surface area contributed by atoms with Crippen LogP contribution in [0.15, 0.2) is 30.3 Å². The zero-order valence-electron chi connectivity index (χ0n) is 19.0. The molecule has 7 heteroatoms. The number of nitrogens with zero attached hydrogens (tertiary/aromatic N) is 1. The van der Waals surface area contributed by atoms with Gasteiger partial charge < -0.3 is 20.1 Å². The number of anilines is 2. The lowest BCUT2D eigenvalue weighted by molar-refractivity contribution is -0.135. The fraction of sp³-hybridized carbons (Fsp3) is 0.440. The number of methoxy groups -OCH3 is 2. The maximum Gasteiger partial charge on any atom is 0.250 e. The van der Waals surface area contributed by atoms with Gasteiger partial charge in [0, 0.05) is 23.4 Å². The molecule has 2 fully saturated rings. The van der Waals surface area contributed by atoms with Gasteiger partial charge in [0.1, 0.15) is 17.0 Å². The van der Waals surface area contributed by atoms with Crippen molar-refractivity contribution >= 4 is 23.2 Å². The predicted molar refractivity (Wildman–Crippen MR) is 122 cm³/mol. The first kappa shape index (κ1) is 20.8. The van der Waals surface area contributed by atoms with Crippen molar-refractivity contribution < 1.29 is 19.1 Å². The average molecular weight is 436 g/mol. The monoisotopic (exact) mass is 435 g/mol. The molecule has 7 nitrogen and oxygen atoms in total. The van der Waals surface area contributed by atoms with Crippen molar-refractivity contribution in [2.75, 3.05) is 31.4 Å². The molecule has 0 unspecified atom stereocenters. The Balaban J connectivity index is 1.60. The van der Waals surface area contributed by atoms with Crippen molar-refractivity contribution in [2.24, 2.45) is 5.92 Å². The lowest BCUT2D eigenvalue weighted by Gasteiger charge is -2.36. The number of rotatable bonds is 4. The van der Waals surface area contributed by atoms with Crippen LogP contribution in [0.3, 0.4) is 0 Å². The Hall–Kier alpha value is -3.06. The Morgan fingerprint density at radius 1 is 1.19 bits per heavy atom. The van der Waals surface area contributed by atoms with Crippen molar-refractivity contribution in [3.05, 3.63) is 47.0 Å². The van der Waals surface area contributed by atoms with Crippen LogP contribution in [-0.2, 0) is 15.1 Å². The standard InChI is InChI=1S/C25H29N3O4/c1-14-10-15(2)22-18(11-14)25(24(30)27-22)19(12-16-6-5-9-28(16)25)23(29)26-20-13-17(31-3)7-8-21(20)32-4/h7-8,10-11,13,16,19H,5-6,9,12H2,1-4H3,(H,26,29)(H,27,30)/t16-,19-,25+/m0/s1. The van der Waals surface area contributed by atoms with Gasteiger partial charge in [-0.2, -0.15) is 0 Å². The molecule has 3 aliphatic heterocycles. The number of nitrogens with one attached hydrogen (secondary N) is 2. The topological polar surface area (TPSA) is 79.9 Å². The predicted octanol–water partition coefficient (Wildman–Crippen LogP) is 3.59. The highest BCUT2D eigenvalue weighted by molar-refractivity contribution is 6.11. The highest BCUT2D eigenvalue weighted by Gasteiger charge is 2.65. The molecule has 168 valence electrons. The van der Waals surface area contributed by atoms with Gasteiger partial charge in [0.15, 0.2) is 0 Å². The molecule has 0 aliphatic carbocycles. The van der Waals surface area contributed by atoms with Crippen LogP contribution in [-0.4, -0.2) is 43.5 Å². The molecule has 0 aromatic heterocycles. The number of amides is 2. The van der Waals surface area contributed by atoms with Gasteiger partial charge in [-0.3, -0.25) is 14.5 Å². The molecule has 1 spiro atoms. The van der Waals surface area contributed by atoms with Crippen LogP contribution in [0.2, 0.25) is 0 Å². The van der Waals surface area contributed by atoms with E-state index >= 15 is 0 Å². The maximum atomic E-state index is 13.8. The second kappa shape index (κ2) is 7.52. The lowest BCUT2D eigenvalue weighted by Crippen LogP contribution is -2.53. The van der Waals surface area contributed by atoms with Crippen LogP contribution in [0.4, 0.5) is 11.4 Å². The second-order valence-corrected chi connectivity index (χ2v) is 9.06. The first-order valence-corrected chi connectivity index (χ1v) is 11.1. The van der Waals surface area contributed by atoms with E-state index in [0.29, 0.717) is 23.6 Å². The Bertz CT molecular complexity index is 1110. The molecule has 32 heavy (non-hydrogen) atoms. The molecule has 3 atom stereocenters. The highest BCUT2D eigenvalue weighted by atomic mass is 16.5. The molecule has 0 bridgehead atoms. The summed E-state index contributed by atoms with van der Waals surface area (Å²) in [6, 6.07) is 9.67. The molecule has 2 aromatic carbocycles. The van der Waals surface area contributed by atoms with Gasteiger partial charge in [0.05, 0.1) is 25.8 Å². The minimum atomic E-state index is -0.983. The van der Waals surface area contributed by atoms with Crippen molar-refractivity contribution in [1.82, 2.24) is 4.90 Å². The largest absolute Gasteiger partial charge is 0.497 e. The van der Waals surface area contributed by atoms with Crippen LogP contribution >= 0.6 is 0 Å². The lowest BCUT2D eigenvalue weighted by atomic mass is 9.77. The number of hydrogen-bond donors (Lipinski definition) is 2. The van der Waals surface area contributed by atoms with E-state index in [2.05, 4.69) is 27.7 Å². The number of carbonyl (C=O) groups excluding carboxylic acids is 2. The Kier molecular flexibility index (Phi) is 4.89. The third kappa shape index (κ3) is 2.84. The second-order valence-electron chi connectivity index (χ2n) is 9.06. The molecule has 2 saturated heterocycles. The number of ether oxygens (including phenoxy) is 2. The summed E-state index contributed by atoms with van der Waals surface area (Å²) in [5.74, 6) is 0.398. The van der Waals surface area contributed by atoms with E-state index in [1.165, 1.54) is 0 Å². The van der Waals surface area contributed by atoms with Crippen molar-refractivity contribution in [2.45, 2.75) is 44.7 Å². The van der Waals surface area contributed by atoms with Crippen LogP contribution in [0.25, 0.3) is 0 Å². The van der Waals surface area contributed by atoms with E-state index in [1.54, 1.807) is 32.4 Å². The molecular formula is C25H29N3O4. The van der Waals surface area contributed by atoms with E-state index in [-0.39, 0.29) is 17.9 Å². The highest BCUT2D eigenvalue weighted by Crippen LogP contribution is 2.56. The Labute approximate surface area is 188 Å². The van der Waals surface area contributed by atoms with Crippen molar-refractivity contribution in [1.29, 1.82) is 0 Å². The van der Waals surface area contributed by atoms with E-state index in [0.717, 1.165) is 41.8 Å². The third-order valence-electron chi connectivity index (χ3n) is 7.30. The van der Waals surface area contributed by atoms with E-state index in [4.69, 9.17) is 9.47 Å². The van der Waals surface area contributed by atoms with Crippen LogP contribution in [0.5, 0.6) is 11.5 Å². The van der Waals surface area contributed by atoms with Gasteiger partial charge in [-0.05, 0) is 57.4 Å². The third-order valence-corrected chi connectivity index (χ3v) is 7.30. The van der Waals surface area contributed by atoms with Crippen LogP contribution < -0.4 is 20.1 Å². The minimum Gasteiger partial charge on any atom is -0.497 e. The van der Waals surface area contributed by atoms with Crippen molar-refractivity contribution in [3.8, 4) is 11.5 Å². The number of aryl methyl sites for hydroxylation is 2. The fourth-order valence-corrected chi connectivity index (χ4v) is 6.01. The van der Waals surface area contributed by atoms with E-state index in [9.17, 15) is 9.59 Å². The zero-order valence-corrected chi connectivity index (χ0v) is 19.0. The van der Waals surface area contributed by atoms with Gasteiger partial charge in [0.25, 0.3) is 0 Å².